The lowest BCUT2D eigenvalue weighted by molar-refractivity contribution is -0.0679. The largest absolute Gasteiger partial charge is 0.373 e. The third-order valence-electron chi connectivity index (χ3n) is 3.69. The molecule has 2 atom stereocenters. The number of nitriles is 1. The molecule has 22 heavy (non-hydrogen) atoms. The zero-order valence-corrected chi connectivity index (χ0v) is 13.2. The van der Waals surface area contributed by atoms with Crippen molar-refractivity contribution >= 4 is 5.91 Å². The van der Waals surface area contributed by atoms with E-state index in [1.807, 2.05) is 6.07 Å². The van der Waals surface area contributed by atoms with Crippen LogP contribution >= 0.6 is 0 Å². The van der Waals surface area contributed by atoms with Gasteiger partial charge < -0.3 is 10.1 Å². The standard InChI is InChI=1S/C17H23N3O2/c1-13-11-20(12-14(2)22-13)8-4-7-19-17(21)16-6-3-5-15(9-16)10-18/h3,5-6,9,13-14H,4,7-8,11-12H2,1-2H3,(H,19,21). The fraction of sp³-hybridized carbons (Fsp3) is 0.529. The van der Waals surface area contributed by atoms with E-state index in [4.69, 9.17) is 10.00 Å². The Morgan fingerprint density at radius 2 is 2.14 bits per heavy atom. The van der Waals surface area contributed by atoms with Crippen molar-refractivity contribution in [3.8, 4) is 6.07 Å². The number of nitrogens with zero attached hydrogens (tertiary/aromatic N) is 2. The van der Waals surface area contributed by atoms with Gasteiger partial charge in [-0.25, -0.2) is 0 Å². The molecule has 1 aliphatic rings. The van der Waals surface area contributed by atoms with Gasteiger partial charge in [-0.1, -0.05) is 6.07 Å². The van der Waals surface area contributed by atoms with Crippen molar-refractivity contribution in [3.05, 3.63) is 35.4 Å². The fourth-order valence-corrected chi connectivity index (χ4v) is 2.80. The van der Waals surface area contributed by atoms with Crippen LogP contribution in [0, 0.1) is 11.3 Å². The first-order chi connectivity index (χ1) is 10.6. The number of ether oxygens (including phenoxy) is 1. The average molecular weight is 301 g/mol. The number of nitrogens with one attached hydrogen (secondary N) is 1. The zero-order valence-electron chi connectivity index (χ0n) is 13.2. The van der Waals surface area contributed by atoms with Gasteiger partial charge in [-0.05, 0) is 38.5 Å². The molecule has 0 spiro atoms. The molecule has 1 amide bonds. The Kier molecular flexibility index (Phi) is 5.93. The van der Waals surface area contributed by atoms with Gasteiger partial charge >= 0.3 is 0 Å². The lowest BCUT2D eigenvalue weighted by Crippen LogP contribution is -2.46. The Labute approximate surface area is 131 Å². The highest BCUT2D eigenvalue weighted by Crippen LogP contribution is 2.10. The van der Waals surface area contributed by atoms with Gasteiger partial charge in [0.1, 0.15) is 0 Å². The summed E-state index contributed by atoms with van der Waals surface area (Å²) in [5.74, 6) is -0.124. The molecule has 1 saturated heterocycles. The van der Waals surface area contributed by atoms with E-state index < -0.39 is 0 Å². The lowest BCUT2D eigenvalue weighted by Gasteiger charge is -2.35. The van der Waals surface area contributed by atoms with Gasteiger partial charge in [-0.3, -0.25) is 9.69 Å². The molecule has 2 rings (SSSR count). The molecule has 0 radical (unpaired) electrons. The number of amides is 1. The molecule has 1 aliphatic heterocycles. The minimum atomic E-state index is -0.124. The SMILES string of the molecule is CC1CN(CCCNC(=O)c2cccc(C#N)c2)CC(C)O1. The number of morpholine rings is 1. The van der Waals surface area contributed by atoms with Crippen LogP contribution in [0.2, 0.25) is 0 Å². The molecule has 0 bridgehead atoms. The van der Waals surface area contributed by atoms with Crippen molar-refractivity contribution in [1.29, 1.82) is 5.26 Å². The maximum absolute atomic E-state index is 12.0. The molecular formula is C17H23N3O2. The number of carbonyl (C=O) groups is 1. The van der Waals surface area contributed by atoms with Gasteiger partial charge in [0.05, 0.1) is 23.8 Å². The van der Waals surface area contributed by atoms with E-state index in [0.29, 0.717) is 17.7 Å². The molecule has 1 aromatic rings. The molecule has 118 valence electrons. The van der Waals surface area contributed by atoms with E-state index in [0.717, 1.165) is 26.1 Å². The summed E-state index contributed by atoms with van der Waals surface area (Å²) in [7, 11) is 0. The van der Waals surface area contributed by atoms with Crippen molar-refractivity contribution < 1.29 is 9.53 Å². The zero-order chi connectivity index (χ0) is 15.9. The molecule has 2 unspecified atom stereocenters. The van der Waals surface area contributed by atoms with Crippen LogP contribution in [0.1, 0.15) is 36.2 Å². The van der Waals surface area contributed by atoms with Gasteiger partial charge in [0.25, 0.3) is 5.91 Å². The van der Waals surface area contributed by atoms with Crippen LogP contribution in [0.4, 0.5) is 0 Å². The fourth-order valence-electron chi connectivity index (χ4n) is 2.80. The quantitative estimate of drug-likeness (QED) is 0.842. The molecule has 0 aromatic heterocycles. The van der Waals surface area contributed by atoms with Crippen LogP contribution in [0.5, 0.6) is 0 Å². The summed E-state index contributed by atoms with van der Waals surface area (Å²) < 4.78 is 5.70. The maximum atomic E-state index is 12.0. The smallest absolute Gasteiger partial charge is 0.251 e. The van der Waals surface area contributed by atoms with Crippen LogP contribution in [-0.2, 0) is 4.74 Å². The van der Waals surface area contributed by atoms with Crippen LogP contribution in [-0.4, -0.2) is 49.2 Å². The van der Waals surface area contributed by atoms with Crippen molar-refractivity contribution in [2.45, 2.75) is 32.5 Å². The average Bonchev–Trinajstić information content (AvgIpc) is 2.50. The van der Waals surface area contributed by atoms with Gasteiger partial charge in [0.15, 0.2) is 0 Å². The third-order valence-corrected chi connectivity index (χ3v) is 3.69. The molecule has 1 N–H and O–H groups in total. The number of hydrogen-bond donors (Lipinski definition) is 1. The third kappa shape index (κ3) is 4.83. The summed E-state index contributed by atoms with van der Waals surface area (Å²) in [5, 5.41) is 11.8. The summed E-state index contributed by atoms with van der Waals surface area (Å²) >= 11 is 0. The first kappa shape index (κ1) is 16.5. The van der Waals surface area contributed by atoms with E-state index in [1.54, 1.807) is 24.3 Å². The van der Waals surface area contributed by atoms with Crippen molar-refractivity contribution in [2.75, 3.05) is 26.2 Å². The highest BCUT2D eigenvalue weighted by atomic mass is 16.5. The molecular weight excluding hydrogens is 278 g/mol. The highest BCUT2D eigenvalue weighted by Gasteiger charge is 2.21. The van der Waals surface area contributed by atoms with Crippen LogP contribution in [0.15, 0.2) is 24.3 Å². The summed E-state index contributed by atoms with van der Waals surface area (Å²) in [6.07, 6.45) is 1.45. The Morgan fingerprint density at radius 1 is 1.41 bits per heavy atom. The highest BCUT2D eigenvalue weighted by molar-refractivity contribution is 5.94. The predicted octanol–water partition coefficient (Wildman–Crippen LogP) is 1.79. The minimum absolute atomic E-state index is 0.124. The first-order valence-electron chi connectivity index (χ1n) is 7.74. The van der Waals surface area contributed by atoms with E-state index in [9.17, 15) is 4.79 Å². The number of benzene rings is 1. The molecule has 5 heteroatoms. The number of carbonyl (C=O) groups excluding carboxylic acids is 1. The lowest BCUT2D eigenvalue weighted by atomic mass is 10.1. The monoisotopic (exact) mass is 301 g/mol. The van der Waals surface area contributed by atoms with E-state index >= 15 is 0 Å². The van der Waals surface area contributed by atoms with Crippen LogP contribution < -0.4 is 5.32 Å². The van der Waals surface area contributed by atoms with E-state index in [2.05, 4.69) is 24.1 Å². The van der Waals surface area contributed by atoms with Crippen LogP contribution in [0.25, 0.3) is 0 Å². The summed E-state index contributed by atoms with van der Waals surface area (Å²) in [4.78, 5) is 14.4. The van der Waals surface area contributed by atoms with Gasteiger partial charge in [-0.15, -0.1) is 0 Å². The summed E-state index contributed by atoms with van der Waals surface area (Å²) in [6.45, 7) is 7.66. The van der Waals surface area contributed by atoms with Crippen molar-refractivity contribution in [3.63, 3.8) is 0 Å². The number of hydrogen-bond acceptors (Lipinski definition) is 4. The molecule has 1 aromatic carbocycles. The number of rotatable bonds is 5. The Balaban J connectivity index is 1.72. The predicted molar refractivity (Wildman–Crippen MR) is 84.6 cm³/mol. The summed E-state index contributed by atoms with van der Waals surface area (Å²) in [6, 6.07) is 8.80. The molecule has 0 aliphatic carbocycles. The molecule has 0 saturated carbocycles. The summed E-state index contributed by atoms with van der Waals surface area (Å²) in [5.41, 5.74) is 1.04. The minimum Gasteiger partial charge on any atom is -0.373 e. The van der Waals surface area contributed by atoms with Gasteiger partial charge in [0.2, 0.25) is 0 Å². The normalized spacial score (nSPS) is 22.0. The van der Waals surface area contributed by atoms with Gasteiger partial charge in [0, 0.05) is 31.7 Å². The topological polar surface area (TPSA) is 65.4 Å². The second kappa shape index (κ2) is 7.92. The molecule has 1 fully saturated rings. The van der Waals surface area contributed by atoms with Crippen molar-refractivity contribution in [1.82, 2.24) is 10.2 Å². The van der Waals surface area contributed by atoms with Crippen molar-refractivity contribution in [2.24, 2.45) is 0 Å². The van der Waals surface area contributed by atoms with E-state index in [1.165, 1.54) is 0 Å². The Bertz CT molecular complexity index is 543. The molecule has 1 heterocycles. The maximum Gasteiger partial charge on any atom is 0.251 e. The van der Waals surface area contributed by atoms with Gasteiger partial charge in [-0.2, -0.15) is 5.26 Å². The van der Waals surface area contributed by atoms with E-state index in [-0.39, 0.29) is 18.1 Å². The first-order valence-corrected chi connectivity index (χ1v) is 7.74. The Hall–Kier alpha value is -1.90. The molecule has 5 nitrogen and oxygen atoms in total. The Morgan fingerprint density at radius 3 is 2.82 bits per heavy atom. The second-order valence-corrected chi connectivity index (χ2v) is 5.82. The van der Waals surface area contributed by atoms with Crippen LogP contribution in [0.3, 0.4) is 0 Å². The second-order valence-electron chi connectivity index (χ2n) is 5.82.